The van der Waals surface area contributed by atoms with Gasteiger partial charge in [0.05, 0.1) is 6.54 Å². The number of amides is 2. The van der Waals surface area contributed by atoms with Crippen LogP contribution in [0.3, 0.4) is 0 Å². The van der Waals surface area contributed by atoms with Crippen LogP contribution in [0.4, 0.5) is 4.79 Å². The molecule has 98 valence electrons. The number of aliphatic carboxylic acids is 1. The lowest BCUT2D eigenvalue weighted by Gasteiger charge is -2.24. The van der Waals surface area contributed by atoms with Gasteiger partial charge in [-0.1, -0.05) is 13.0 Å². The van der Waals surface area contributed by atoms with Crippen molar-refractivity contribution < 1.29 is 19.8 Å². The smallest absolute Gasteiger partial charge is 0.337 e. The summed E-state index contributed by atoms with van der Waals surface area (Å²) in [6.07, 6.45) is 2.38. The van der Waals surface area contributed by atoms with Crippen molar-refractivity contribution in [1.82, 2.24) is 10.2 Å². The summed E-state index contributed by atoms with van der Waals surface area (Å²) >= 11 is 0. The molecule has 0 aliphatic rings. The minimum atomic E-state index is -1.96. The van der Waals surface area contributed by atoms with Gasteiger partial charge >= 0.3 is 12.0 Å². The Hall–Kier alpha value is -1.56. The lowest BCUT2D eigenvalue weighted by Crippen LogP contribution is -2.50. The maximum Gasteiger partial charge on any atom is 0.337 e. The number of hydrogen-bond donors (Lipinski definition) is 3. The van der Waals surface area contributed by atoms with E-state index in [9.17, 15) is 14.7 Å². The van der Waals surface area contributed by atoms with Crippen molar-refractivity contribution in [2.24, 2.45) is 0 Å². The van der Waals surface area contributed by atoms with Gasteiger partial charge in [0.15, 0.2) is 5.60 Å². The van der Waals surface area contributed by atoms with Crippen LogP contribution in [0.25, 0.3) is 0 Å². The Kier molecular flexibility index (Phi) is 6.27. The summed E-state index contributed by atoms with van der Waals surface area (Å²) in [5.74, 6) is -1.37. The van der Waals surface area contributed by atoms with Gasteiger partial charge in [-0.25, -0.2) is 9.59 Å². The third-order valence-electron chi connectivity index (χ3n) is 2.17. The largest absolute Gasteiger partial charge is 0.479 e. The van der Waals surface area contributed by atoms with Crippen LogP contribution < -0.4 is 5.32 Å². The van der Waals surface area contributed by atoms with Gasteiger partial charge in [0.1, 0.15) is 0 Å². The molecule has 6 nitrogen and oxygen atoms in total. The number of carboxylic acids is 1. The summed E-state index contributed by atoms with van der Waals surface area (Å²) in [5, 5.41) is 20.5. The number of aliphatic hydroxyl groups is 1. The molecule has 3 N–H and O–H groups in total. The Balaban J connectivity index is 4.31. The van der Waals surface area contributed by atoms with E-state index in [1.54, 1.807) is 6.08 Å². The molecule has 0 aliphatic heterocycles. The van der Waals surface area contributed by atoms with E-state index in [0.717, 1.165) is 13.3 Å². The van der Waals surface area contributed by atoms with Gasteiger partial charge in [0.2, 0.25) is 0 Å². The van der Waals surface area contributed by atoms with Crippen molar-refractivity contribution in [3.63, 3.8) is 0 Å². The number of carbonyl (C=O) groups excluding carboxylic acids is 1. The highest BCUT2D eigenvalue weighted by atomic mass is 16.4. The second-order valence-corrected chi connectivity index (χ2v) is 3.97. The van der Waals surface area contributed by atoms with Gasteiger partial charge < -0.3 is 20.4 Å². The molecule has 0 aliphatic carbocycles. The first-order valence-corrected chi connectivity index (χ1v) is 5.44. The van der Waals surface area contributed by atoms with E-state index in [-0.39, 0.29) is 6.54 Å². The average molecular weight is 244 g/mol. The number of carbonyl (C=O) groups is 2. The number of carboxylic acid groups (broad SMARTS) is 1. The predicted molar refractivity (Wildman–Crippen MR) is 63.7 cm³/mol. The molecule has 0 heterocycles. The highest BCUT2D eigenvalue weighted by Gasteiger charge is 2.30. The van der Waals surface area contributed by atoms with Crippen LogP contribution in [-0.2, 0) is 4.79 Å². The fourth-order valence-electron chi connectivity index (χ4n) is 1.14. The fourth-order valence-corrected chi connectivity index (χ4v) is 1.14. The van der Waals surface area contributed by atoms with Crippen molar-refractivity contribution in [1.29, 1.82) is 0 Å². The van der Waals surface area contributed by atoms with Gasteiger partial charge in [0, 0.05) is 13.1 Å². The van der Waals surface area contributed by atoms with E-state index in [1.807, 2.05) is 6.92 Å². The zero-order valence-electron chi connectivity index (χ0n) is 10.3. The lowest BCUT2D eigenvalue weighted by atomic mass is 10.1. The standard InChI is InChI=1S/C11H20N2O4/c1-4-6-13(7-5-2)10(16)12-8-11(3,17)9(14)15/h4,17H,1,5-8H2,2-3H3,(H,12,16)(H,14,15). The molecule has 0 aromatic carbocycles. The van der Waals surface area contributed by atoms with Crippen LogP contribution in [0.15, 0.2) is 12.7 Å². The molecule has 1 unspecified atom stereocenters. The topological polar surface area (TPSA) is 89.9 Å². The molecule has 0 fully saturated rings. The average Bonchev–Trinajstić information content (AvgIpc) is 2.25. The third kappa shape index (κ3) is 5.35. The summed E-state index contributed by atoms with van der Waals surface area (Å²) in [4.78, 5) is 23.8. The van der Waals surface area contributed by atoms with E-state index in [1.165, 1.54) is 4.90 Å². The molecular weight excluding hydrogens is 224 g/mol. The molecule has 1 atom stereocenters. The van der Waals surface area contributed by atoms with Gasteiger partial charge in [-0.2, -0.15) is 0 Å². The van der Waals surface area contributed by atoms with Crippen LogP contribution in [0.1, 0.15) is 20.3 Å². The highest BCUT2D eigenvalue weighted by molar-refractivity contribution is 5.79. The monoisotopic (exact) mass is 244 g/mol. The second-order valence-electron chi connectivity index (χ2n) is 3.97. The molecule has 0 saturated heterocycles. The van der Waals surface area contributed by atoms with Crippen LogP contribution in [0, 0.1) is 0 Å². The molecular formula is C11H20N2O4. The lowest BCUT2D eigenvalue weighted by molar-refractivity contribution is -0.155. The third-order valence-corrected chi connectivity index (χ3v) is 2.17. The normalized spacial score (nSPS) is 13.6. The first-order chi connectivity index (χ1) is 7.85. The van der Waals surface area contributed by atoms with E-state index in [2.05, 4.69) is 11.9 Å². The van der Waals surface area contributed by atoms with E-state index >= 15 is 0 Å². The van der Waals surface area contributed by atoms with Gasteiger partial charge in [0.25, 0.3) is 0 Å². The number of hydrogen-bond acceptors (Lipinski definition) is 3. The number of nitrogens with zero attached hydrogens (tertiary/aromatic N) is 1. The summed E-state index contributed by atoms with van der Waals surface area (Å²) in [7, 11) is 0. The van der Waals surface area contributed by atoms with Crippen LogP contribution in [0.2, 0.25) is 0 Å². The predicted octanol–water partition coefficient (Wildman–Crippen LogP) is 0.430. The van der Waals surface area contributed by atoms with Crippen molar-refractivity contribution in [3.8, 4) is 0 Å². The molecule has 0 aromatic rings. The first kappa shape index (κ1) is 15.4. The number of nitrogens with one attached hydrogen (secondary N) is 1. The Morgan fingerprint density at radius 2 is 2.12 bits per heavy atom. The van der Waals surface area contributed by atoms with Crippen molar-refractivity contribution >= 4 is 12.0 Å². The van der Waals surface area contributed by atoms with Crippen LogP contribution in [0.5, 0.6) is 0 Å². The van der Waals surface area contributed by atoms with E-state index in [4.69, 9.17) is 5.11 Å². The minimum absolute atomic E-state index is 0.335. The Bertz CT molecular complexity index is 289. The molecule has 0 aromatic heterocycles. The Morgan fingerprint density at radius 3 is 2.53 bits per heavy atom. The molecule has 0 bridgehead atoms. The zero-order valence-corrected chi connectivity index (χ0v) is 10.3. The molecule has 0 saturated carbocycles. The summed E-state index contributed by atoms with van der Waals surface area (Å²) in [6.45, 7) is 7.19. The molecule has 2 amide bonds. The Morgan fingerprint density at radius 1 is 1.53 bits per heavy atom. The first-order valence-electron chi connectivity index (χ1n) is 5.44. The highest BCUT2D eigenvalue weighted by Crippen LogP contribution is 2.02. The van der Waals surface area contributed by atoms with Gasteiger partial charge in [-0.05, 0) is 13.3 Å². The zero-order chi connectivity index (χ0) is 13.5. The van der Waals surface area contributed by atoms with Crippen molar-refractivity contribution in [3.05, 3.63) is 12.7 Å². The Labute approximate surface area is 101 Å². The quantitative estimate of drug-likeness (QED) is 0.566. The van der Waals surface area contributed by atoms with Gasteiger partial charge in [-0.3, -0.25) is 0 Å². The summed E-state index contributed by atoms with van der Waals surface area (Å²) in [5.41, 5.74) is -1.96. The second kappa shape index (κ2) is 6.90. The SMILES string of the molecule is C=CCN(CCC)C(=O)NCC(C)(O)C(=O)O. The number of rotatable bonds is 7. The van der Waals surface area contributed by atoms with Crippen molar-refractivity contribution in [2.75, 3.05) is 19.6 Å². The molecule has 17 heavy (non-hydrogen) atoms. The number of urea groups is 1. The summed E-state index contributed by atoms with van der Waals surface area (Å²) in [6, 6.07) is -0.409. The van der Waals surface area contributed by atoms with Gasteiger partial charge in [-0.15, -0.1) is 6.58 Å². The fraction of sp³-hybridized carbons (Fsp3) is 0.636. The van der Waals surface area contributed by atoms with Crippen LogP contribution >= 0.6 is 0 Å². The maximum atomic E-state index is 11.7. The van der Waals surface area contributed by atoms with E-state index in [0.29, 0.717) is 13.1 Å². The summed E-state index contributed by atoms with van der Waals surface area (Å²) < 4.78 is 0. The molecule has 6 heteroatoms. The van der Waals surface area contributed by atoms with Crippen molar-refractivity contribution in [2.45, 2.75) is 25.9 Å². The maximum absolute atomic E-state index is 11.7. The van der Waals surface area contributed by atoms with Crippen LogP contribution in [-0.4, -0.2) is 52.3 Å². The minimum Gasteiger partial charge on any atom is -0.479 e. The molecule has 0 radical (unpaired) electrons. The molecule has 0 rings (SSSR count). The van der Waals surface area contributed by atoms with E-state index < -0.39 is 17.6 Å². The molecule has 0 spiro atoms.